The van der Waals surface area contributed by atoms with Crippen molar-refractivity contribution in [3.8, 4) is 0 Å². The molecule has 0 aliphatic carbocycles. The van der Waals surface area contributed by atoms with Gasteiger partial charge in [-0.3, -0.25) is 4.79 Å². The van der Waals surface area contributed by atoms with Gasteiger partial charge in [-0.05, 0) is 0 Å². The number of urea groups is 1. The second-order valence-electron chi connectivity index (χ2n) is 3.79. The van der Waals surface area contributed by atoms with Crippen LogP contribution in [0.2, 0.25) is 0 Å². The van der Waals surface area contributed by atoms with Crippen molar-refractivity contribution in [2.45, 2.75) is 18.4 Å². The summed E-state index contributed by atoms with van der Waals surface area (Å²) in [7, 11) is 0. The molecule has 1 unspecified atom stereocenters. The Labute approximate surface area is 97.5 Å². The van der Waals surface area contributed by atoms with Gasteiger partial charge in [0.25, 0.3) is 0 Å². The topological polar surface area (TPSA) is 131 Å². The Morgan fingerprint density at radius 2 is 2.12 bits per heavy atom. The molecular formula is C9H15N3O5. The van der Waals surface area contributed by atoms with Gasteiger partial charge in [-0.15, -0.1) is 0 Å². The van der Waals surface area contributed by atoms with Gasteiger partial charge in [0.2, 0.25) is 5.91 Å². The van der Waals surface area contributed by atoms with E-state index in [0.29, 0.717) is 0 Å². The van der Waals surface area contributed by atoms with Crippen LogP contribution in [0, 0.1) is 0 Å². The first-order chi connectivity index (χ1) is 7.96. The summed E-state index contributed by atoms with van der Waals surface area (Å²) in [6.45, 7) is 0.289. The smallest absolute Gasteiger partial charge is 0.332 e. The van der Waals surface area contributed by atoms with E-state index < -0.39 is 23.4 Å². The van der Waals surface area contributed by atoms with Crippen molar-refractivity contribution in [1.29, 1.82) is 0 Å². The molecular weight excluding hydrogens is 230 g/mol. The van der Waals surface area contributed by atoms with E-state index in [0.717, 1.165) is 0 Å². The SMILES string of the molecule is NC(=O)CCNC(=O)NC1(C(=O)O)CCOC1. The number of ether oxygens (including phenoxy) is 1. The predicted octanol–water partition coefficient (Wildman–Crippen LogP) is -1.60. The molecule has 5 N–H and O–H groups in total. The number of aliphatic carboxylic acids is 1. The molecule has 8 nitrogen and oxygen atoms in total. The summed E-state index contributed by atoms with van der Waals surface area (Å²) in [5.74, 6) is -1.68. The van der Waals surface area contributed by atoms with Crippen LogP contribution >= 0.6 is 0 Å². The van der Waals surface area contributed by atoms with E-state index in [9.17, 15) is 14.4 Å². The van der Waals surface area contributed by atoms with Gasteiger partial charge in [-0.25, -0.2) is 9.59 Å². The number of primary amides is 1. The predicted molar refractivity (Wildman–Crippen MR) is 56.1 cm³/mol. The van der Waals surface area contributed by atoms with Gasteiger partial charge in [0, 0.05) is 26.0 Å². The van der Waals surface area contributed by atoms with Crippen LogP contribution in [-0.4, -0.2) is 48.3 Å². The number of amides is 3. The molecule has 1 fully saturated rings. The van der Waals surface area contributed by atoms with E-state index in [1.165, 1.54) is 0 Å². The van der Waals surface area contributed by atoms with Gasteiger partial charge in [-0.1, -0.05) is 0 Å². The minimum atomic E-state index is -1.38. The Morgan fingerprint density at radius 3 is 2.59 bits per heavy atom. The van der Waals surface area contributed by atoms with Gasteiger partial charge in [0.15, 0.2) is 5.54 Å². The summed E-state index contributed by atoms with van der Waals surface area (Å²) in [4.78, 5) is 32.9. The van der Waals surface area contributed by atoms with E-state index in [-0.39, 0.29) is 32.6 Å². The molecule has 0 aromatic rings. The average molecular weight is 245 g/mol. The van der Waals surface area contributed by atoms with E-state index in [1.807, 2.05) is 0 Å². The Kier molecular flexibility index (Phi) is 4.27. The fourth-order valence-corrected chi connectivity index (χ4v) is 1.45. The third kappa shape index (κ3) is 3.59. The molecule has 1 rings (SSSR count). The Morgan fingerprint density at radius 1 is 1.41 bits per heavy atom. The van der Waals surface area contributed by atoms with Crippen LogP contribution in [0.1, 0.15) is 12.8 Å². The van der Waals surface area contributed by atoms with E-state index in [2.05, 4.69) is 10.6 Å². The summed E-state index contributed by atoms with van der Waals surface area (Å²) in [6.07, 6.45) is 0.218. The second-order valence-corrected chi connectivity index (χ2v) is 3.79. The van der Waals surface area contributed by atoms with Crippen molar-refractivity contribution in [2.75, 3.05) is 19.8 Å². The molecule has 17 heavy (non-hydrogen) atoms. The number of carboxylic acids is 1. The highest BCUT2D eigenvalue weighted by atomic mass is 16.5. The van der Waals surface area contributed by atoms with Crippen LogP contribution in [0.25, 0.3) is 0 Å². The molecule has 1 heterocycles. The molecule has 3 amide bonds. The maximum atomic E-state index is 11.4. The molecule has 0 radical (unpaired) electrons. The van der Waals surface area contributed by atoms with E-state index in [4.69, 9.17) is 15.6 Å². The molecule has 0 spiro atoms. The van der Waals surface area contributed by atoms with Crippen molar-refractivity contribution < 1.29 is 24.2 Å². The van der Waals surface area contributed by atoms with Crippen molar-refractivity contribution in [3.63, 3.8) is 0 Å². The highest BCUT2D eigenvalue weighted by Crippen LogP contribution is 2.18. The lowest BCUT2D eigenvalue weighted by atomic mass is 9.99. The number of carbonyl (C=O) groups is 3. The summed E-state index contributed by atoms with van der Waals surface area (Å²) >= 11 is 0. The van der Waals surface area contributed by atoms with Gasteiger partial charge in [0.05, 0.1) is 6.61 Å². The van der Waals surface area contributed by atoms with Gasteiger partial charge >= 0.3 is 12.0 Å². The van der Waals surface area contributed by atoms with Crippen LogP contribution in [0.5, 0.6) is 0 Å². The Balaban J connectivity index is 2.43. The molecule has 1 aliphatic heterocycles. The minimum absolute atomic E-state index is 0.00396. The van der Waals surface area contributed by atoms with Crippen LogP contribution < -0.4 is 16.4 Å². The first kappa shape index (κ1) is 13.2. The molecule has 0 bridgehead atoms. The molecule has 0 aromatic heterocycles. The van der Waals surface area contributed by atoms with Crippen LogP contribution in [0.15, 0.2) is 0 Å². The number of carbonyl (C=O) groups excluding carboxylic acids is 2. The quantitative estimate of drug-likeness (QED) is 0.463. The molecule has 1 saturated heterocycles. The Hall–Kier alpha value is -1.83. The third-order valence-electron chi connectivity index (χ3n) is 2.44. The third-order valence-corrected chi connectivity index (χ3v) is 2.44. The summed E-state index contributed by atoms with van der Waals surface area (Å²) < 4.78 is 4.97. The van der Waals surface area contributed by atoms with Crippen LogP contribution in [0.3, 0.4) is 0 Å². The lowest BCUT2D eigenvalue weighted by Crippen LogP contribution is -2.57. The van der Waals surface area contributed by atoms with E-state index >= 15 is 0 Å². The van der Waals surface area contributed by atoms with Crippen LogP contribution in [0.4, 0.5) is 4.79 Å². The van der Waals surface area contributed by atoms with Crippen molar-refractivity contribution in [2.24, 2.45) is 5.73 Å². The number of nitrogens with one attached hydrogen (secondary N) is 2. The number of hydrogen-bond acceptors (Lipinski definition) is 4. The number of hydrogen-bond donors (Lipinski definition) is 4. The van der Waals surface area contributed by atoms with E-state index in [1.54, 1.807) is 0 Å². The van der Waals surface area contributed by atoms with Crippen LogP contribution in [-0.2, 0) is 14.3 Å². The monoisotopic (exact) mass is 245 g/mol. The van der Waals surface area contributed by atoms with Crippen molar-refractivity contribution in [1.82, 2.24) is 10.6 Å². The fraction of sp³-hybridized carbons (Fsp3) is 0.667. The lowest BCUT2D eigenvalue weighted by Gasteiger charge is -2.23. The first-order valence-electron chi connectivity index (χ1n) is 5.12. The number of nitrogens with two attached hydrogens (primary N) is 1. The zero-order valence-electron chi connectivity index (χ0n) is 9.19. The average Bonchev–Trinajstić information content (AvgIpc) is 2.66. The zero-order chi connectivity index (χ0) is 12.9. The molecule has 1 atom stereocenters. The van der Waals surface area contributed by atoms with Gasteiger partial charge in [0.1, 0.15) is 0 Å². The van der Waals surface area contributed by atoms with Crippen molar-refractivity contribution in [3.05, 3.63) is 0 Å². The number of rotatable bonds is 5. The summed E-state index contributed by atoms with van der Waals surface area (Å²) in [5.41, 5.74) is 3.51. The molecule has 1 aliphatic rings. The largest absolute Gasteiger partial charge is 0.479 e. The molecule has 0 aromatic carbocycles. The zero-order valence-corrected chi connectivity index (χ0v) is 9.19. The molecule has 0 saturated carbocycles. The normalized spacial score (nSPS) is 23.1. The summed E-state index contributed by atoms with van der Waals surface area (Å²) in [5, 5.41) is 13.7. The first-order valence-corrected chi connectivity index (χ1v) is 5.12. The summed E-state index contributed by atoms with van der Waals surface area (Å²) in [6, 6.07) is -0.654. The highest BCUT2D eigenvalue weighted by Gasteiger charge is 2.43. The number of carboxylic acid groups (broad SMARTS) is 1. The maximum Gasteiger partial charge on any atom is 0.332 e. The highest BCUT2D eigenvalue weighted by molar-refractivity contribution is 5.86. The standard InChI is InChI=1S/C9H15N3O5/c10-6(13)1-3-11-8(16)12-9(7(14)15)2-4-17-5-9/h1-5H2,(H2,10,13)(H,14,15)(H2,11,12,16). The van der Waals surface area contributed by atoms with Gasteiger partial charge < -0.3 is 26.2 Å². The second kappa shape index (κ2) is 5.48. The molecule has 8 heteroatoms. The fourth-order valence-electron chi connectivity index (χ4n) is 1.45. The lowest BCUT2D eigenvalue weighted by molar-refractivity contribution is -0.144. The van der Waals surface area contributed by atoms with Gasteiger partial charge in [-0.2, -0.15) is 0 Å². The molecule has 96 valence electrons. The minimum Gasteiger partial charge on any atom is -0.479 e. The maximum absolute atomic E-state index is 11.4. The van der Waals surface area contributed by atoms with Crippen molar-refractivity contribution >= 4 is 17.9 Å². The Bertz CT molecular complexity index is 325.